The van der Waals surface area contributed by atoms with Crippen LogP contribution >= 0.6 is 0 Å². The van der Waals surface area contributed by atoms with Crippen molar-refractivity contribution in [2.24, 2.45) is 16.7 Å². The van der Waals surface area contributed by atoms with E-state index < -0.39 is 0 Å². The molecule has 0 spiro atoms. The van der Waals surface area contributed by atoms with Gasteiger partial charge in [-0.2, -0.15) is 0 Å². The van der Waals surface area contributed by atoms with Gasteiger partial charge >= 0.3 is 0 Å². The predicted molar refractivity (Wildman–Crippen MR) is 217 cm³/mol. The Morgan fingerprint density at radius 3 is 2.19 bits per heavy atom. The third kappa shape index (κ3) is 8.27. The van der Waals surface area contributed by atoms with E-state index in [1.165, 1.54) is 22.4 Å². The third-order valence-electron chi connectivity index (χ3n) is 11.3. The maximum absolute atomic E-state index is 12.2. The van der Waals surface area contributed by atoms with Gasteiger partial charge in [0, 0.05) is 65.6 Å². The van der Waals surface area contributed by atoms with E-state index in [0.29, 0.717) is 11.6 Å². The molecule has 0 amide bonds. The van der Waals surface area contributed by atoms with Crippen LogP contribution in [0.5, 0.6) is 0 Å². The van der Waals surface area contributed by atoms with Gasteiger partial charge in [-0.3, -0.25) is 9.78 Å². The molecule has 3 heterocycles. The number of aromatic nitrogens is 3. The van der Waals surface area contributed by atoms with Gasteiger partial charge in [0.25, 0.3) is 0 Å². The molecule has 7 heteroatoms. The second-order valence-corrected chi connectivity index (χ2v) is 15.6. The van der Waals surface area contributed by atoms with E-state index in [1.807, 2.05) is 53.7 Å². The van der Waals surface area contributed by atoms with E-state index >= 15 is 0 Å². The van der Waals surface area contributed by atoms with E-state index in [2.05, 4.69) is 82.1 Å². The number of fused-ring (bicyclic) bond motifs is 6. The number of aryl methyl sites for hydroxylation is 1. The van der Waals surface area contributed by atoms with Gasteiger partial charge in [0.05, 0.1) is 11.1 Å². The average molecular weight is 891 g/mol. The number of benzene rings is 3. The number of hydrogen-bond acceptors (Lipinski definition) is 6. The summed E-state index contributed by atoms with van der Waals surface area (Å²) < 4.78 is 6.33. The zero-order valence-electron chi connectivity index (χ0n) is 33.4. The molecule has 3 aromatic carbocycles. The van der Waals surface area contributed by atoms with Crippen LogP contribution in [0.4, 0.5) is 0 Å². The van der Waals surface area contributed by atoms with Crippen LogP contribution in [0.1, 0.15) is 118 Å². The summed E-state index contributed by atoms with van der Waals surface area (Å²) in [7, 11) is 0. The van der Waals surface area contributed by atoms with E-state index in [9.17, 15) is 9.90 Å². The monoisotopic (exact) mass is 891 g/mol. The van der Waals surface area contributed by atoms with Crippen LogP contribution in [0.25, 0.3) is 55.0 Å². The smallest absolute Gasteiger partial charge is 0.216 e. The van der Waals surface area contributed by atoms with Gasteiger partial charge in [-0.1, -0.05) is 117 Å². The van der Waals surface area contributed by atoms with Crippen molar-refractivity contribution in [3.05, 3.63) is 89.6 Å². The van der Waals surface area contributed by atoms with Gasteiger partial charge in [0.15, 0.2) is 5.78 Å². The minimum atomic E-state index is -0.337. The number of pyridine rings is 1. The van der Waals surface area contributed by atoms with Crippen LogP contribution in [0.15, 0.2) is 71.0 Å². The van der Waals surface area contributed by atoms with Gasteiger partial charge in [0.2, 0.25) is 5.71 Å². The maximum atomic E-state index is 12.2. The first-order chi connectivity index (χ1) is 24.7. The van der Waals surface area contributed by atoms with E-state index in [-0.39, 0.29) is 48.4 Å². The summed E-state index contributed by atoms with van der Waals surface area (Å²) in [5.74, 6) is 1.85. The molecule has 0 atom stereocenters. The SMILES string of the molecule is CCC(C)(CC)C(=O)/C=C(\O)C(C)(CC)CC.Cc1c[c-]c(-c2nc(C(C)C)nc3c2ccc2cccc(CC(C)C)c23)c2oc3ncccc3c12.[Ir]. The maximum Gasteiger partial charge on any atom is 0.216 e. The summed E-state index contributed by atoms with van der Waals surface area (Å²) in [5.41, 5.74) is 5.99. The minimum absolute atomic E-state index is 0. The Bertz CT molecular complexity index is 2260. The number of aliphatic hydroxyl groups excluding tert-OH is 1. The Balaban J connectivity index is 0.000000299. The summed E-state index contributed by atoms with van der Waals surface area (Å²) in [6, 6.07) is 20.4. The quantitative estimate of drug-likeness (QED) is 0.0603. The molecule has 1 radical (unpaired) electrons. The molecule has 0 saturated heterocycles. The van der Waals surface area contributed by atoms with Crippen molar-refractivity contribution >= 4 is 49.5 Å². The summed E-state index contributed by atoms with van der Waals surface area (Å²) >= 11 is 0. The Hall–Kier alpha value is -3.93. The van der Waals surface area contributed by atoms with Gasteiger partial charge in [0.1, 0.15) is 11.6 Å². The molecule has 0 saturated carbocycles. The molecule has 0 aliphatic carbocycles. The third-order valence-corrected chi connectivity index (χ3v) is 11.3. The van der Waals surface area contributed by atoms with Crippen LogP contribution in [0.2, 0.25) is 0 Å². The Labute approximate surface area is 329 Å². The van der Waals surface area contributed by atoms with Crippen LogP contribution in [0.3, 0.4) is 0 Å². The van der Waals surface area contributed by atoms with Gasteiger partial charge in [-0.15, -0.1) is 17.7 Å². The zero-order valence-corrected chi connectivity index (χ0v) is 35.8. The molecule has 3 aromatic heterocycles. The molecule has 6 nitrogen and oxygen atoms in total. The van der Waals surface area contributed by atoms with Crippen LogP contribution in [-0.4, -0.2) is 25.8 Å². The number of nitrogens with zero attached hydrogens (tertiary/aromatic N) is 3. The van der Waals surface area contributed by atoms with E-state index in [4.69, 9.17) is 14.4 Å². The normalized spacial score (nSPS) is 12.5. The minimum Gasteiger partial charge on any atom is -0.512 e. The largest absolute Gasteiger partial charge is 0.512 e. The van der Waals surface area contributed by atoms with E-state index in [1.54, 1.807) is 6.20 Å². The van der Waals surface area contributed by atoms with Crippen molar-refractivity contribution in [2.45, 2.75) is 114 Å². The van der Waals surface area contributed by atoms with Crippen molar-refractivity contribution in [2.75, 3.05) is 0 Å². The van der Waals surface area contributed by atoms with Crippen molar-refractivity contribution in [1.82, 2.24) is 15.0 Å². The molecule has 6 rings (SSSR count). The Kier molecular flexibility index (Phi) is 13.4. The average Bonchev–Trinajstić information content (AvgIpc) is 3.54. The molecule has 6 aromatic rings. The van der Waals surface area contributed by atoms with Crippen molar-refractivity contribution in [1.29, 1.82) is 0 Å². The first-order valence-corrected chi connectivity index (χ1v) is 19.1. The molecule has 0 aliphatic heterocycles. The fraction of sp³-hybridized carbons (Fsp3) is 0.435. The Morgan fingerprint density at radius 2 is 1.57 bits per heavy atom. The first-order valence-electron chi connectivity index (χ1n) is 19.1. The first kappa shape index (κ1) is 41.8. The Morgan fingerprint density at radius 1 is 0.887 bits per heavy atom. The fourth-order valence-electron chi connectivity index (χ4n) is 6.79. The van der Waals surface area contributed by atoms with E-state index in [0.717, 1.165) is 82.0 Å². The molecule has 53 heavy (non-hydrogen) atoms. The van der Waals surface area contributed by atoms with Crippen LogP contribution in [-0.2, 0) is 31.3 Å². The topological polar surface area (TPSA) is 89.1 Å². The molecule has 0 aliphatic rings. The zero-order chi connectivity index (χ0) is 38.0. The molecule has 0 bridgehead atoms. The number of carbonyl (C=O) groups excluding carboxylic acids is 1. The number of aliphatic hydroxyl groups is 1. The van der Waals surface area contributed by atoms with Crippen LogP contribution < -0.4 is 0 Å². The van der Waals surface area contributed by atoms with Crippen molar-refractivity contribution < 1.29 is 34.4 Å². The molecule has 283 valence electrons. The summed E-state index contributed by atoms with van der Waals surface area (Å²) in [6.45, 7) is 23.0. The second-order valence-electron chi connectivity index (χ2n) is 15.6. The molecule has 0 fully saturated rings. The van der Waals surface area contributed by atoms with Gasteiger partial charge in [-0.05, 0) is 66.5 Å². The van der Waals surface area contributed by atoms with Gasteiger partial charge < -0.3 is 9.52 Å². The fourth-order valence-corrected chi connectivity index (χ4v) is 6.79. The summed E-state index contributed by atoms with van der Waals surface area (Å²) in [4.78, 5) is 26.9. The molecular weight excluding hydrogens is 835 g/mol. The number of allylic oxidation sites excluding steroid dienone is 2. The molecular formula is C46H56IrN3O3-. The van der Waals surface area contributed by atoms with Crippen molar-refractivity contribution in [3.63, 3.8) is 0 Å². The standard InChI is InChI=1S/C31H28N3O.C15H28O2.Ir/c1-17(2)16-21-9-6-8-20-12-14-23-27(33-30(18(3)4)34-28(23)26(20)21)24-13-11-19(5)25-22-10-7-15-32-31(22)35-29(24)25;1-7-14(5,8-2)12(16)11-13(17)15(6,9-3)10-4;/h6-12,14-15,17-18H,16H2,1-5H3;11,16H,7-10H2,1-6H3;/q-1;;/b;12-11-;. The number of rotatable bonds is 11. The molecule has 1 N–H and O–H groups in total. The van der Waals surface area contributed by atoms with Crippen LogP contribution in [0, 0.1) is 29.7 Å². The number of ketones is 1. The summed E-state index contributed by atoms with van der Waals surface area (Å²) in [6.07, 6.45) is 7.52. The summed E-state index contributed by atoms with van der Waals surface area (Å²) in [5, 5.41) is 15.7. The predicted octanol–water partition coefficient (Wildman–Crippen LogP) is 12.8. The number of hydrogen-bond donors (Lipinski definition) is 1. The number of carbonyl (C=O) groups is 1. The molecule has 0 unspecified atom stereocenters. The van der Waals surface area contributed by atoms with Crippen molar-refractivity contribution in [3.8, 4) is 11.3 Å². The number of furan rings is 1. The van der Waals surface area contributed by atoms with Gasteiger partial charge in [-0.25, -0.2) is 9.97 Å². The second kappa shape index (κ2) is 17.0.